The largest absolute Gasteiger partial charge is 0.447 e. The lowest BCUT2D eigenvalue weighted by molar-refractivity contribution is 0.181. The number of rotatable bonds is 5. The molecule has 1 atom stereocenters. The monoisotopic (exact) mass is 398 g/mol. The zero-order valence-electron chi connectivity index (χ0n) is 16.6. The predicted octanol–water partition coefficient (Wildman–Crippen LogP) is 3.23. The number of carbonyl (C=O) groups is 2. The summed E-state index contributed by atoms with van der Waals surface area (Å²) < 4.78 is 7.13. The fraction of sp³-hybridized carbons (Fsp3) is 0.500. The van der Waals surface area contributed by atoms with Crippen molar-refractivity contribution in [2.75, 3.05) is 23.4 Å². The van der Waals surface area contributed by atoms with Crippen LogP contribution in [0.25, 0.3) is 0 Å². The van der Waals surface area contributed by atoms with Crippen molar-refractivity contribution in [2.45, 2.75) is 51.6 Å². The van der Waals surface area contributed by atoms with Crippen molar-refractivity contribution in [3.8, 4) is 0 Å². The summed E-state index contributed by atoms with van der Waals surface area (Å²) in [6, 6.07) is 6.63. The maximum atomic E-state index is 12.6. The van der Waals surface area contributed by atoms with Gasteiger partial charge in [-0.15, -0.1) is 10.2 Å². The molecule has 2 N–H and O–H groups in total. The fourth-order valence-electron chi connectivity index (χ4n) is 3.82. The number of carbonyl (C=O) groups excluding carboxylic acids is 2. The van der Waals surface area contributed by atoms with E-state index in [1.165, 1.54) is 6.42 Å². The van der Waals surface area contributed by atoms with E-state index in [0.29, 0.717) is 30.9 Å². The maximum absolute atomic E-state index is 12.6. The van der Waals surface area contributed by atoms with Gasteiger partial charge < -0.3 is 19.9 Å². The van der Waals surface area contributed by atoms with Gasteiger partial charge in [-0.2, -0.15) is 0 Å². The fourth-order valence-corrected chi connectivity index (χ4v) is 3.82. The second-order valence-electron chi connectivity index (χ2n) is 7.31. The normalized spacial score (nSPS) is 17.3. The van der Waals surface area contributed by atoms with Gasteiger partial charge in [-0.3, -0.25) is 4.90 Å². The molecule has 4 rings (SSSR count). The molecule has 1 saturated heterocycles. The molecule has 3 amide bonds. The van der Waals surface area contributed by atoms with Crippen molar-refractivity contribution >= 4 is 23.5 Å². The Hall–Kier alpha value is -3.10. The van der Waals surface area contributed by atoms with Crippen molar-refractivity contribution in [1.82, 2.24) is 20.1 Å². The number of benzene rings is 1. The Labute approximate surface area is 169 Å². The summed E-state index contributed by atoms with van der Waals surface area (Å²) in [5, 5.41) is 14.6. The third-order valence-corrected chi connectivity index (χ3v) is 5.34. The smallest absolute Gasteiger partial charge is 0.414 e. The Morgan fingerprint density at radius 3 is 2.93 bits per heavy atom. The molecule has 0 spiro atoms. The average molecular weight is 398 g/mol. The molecule has 0 saturated carbocycles. The number of anilines is 2. The Kier molecular flexibility index (Phi) is 5.64. The lowest BCUT2D eigenvalue weighted by Gasteiger charge is -2.19. The highest BCUT2D eigenvalue weighted by atomic mass is 16.6. The van der Waals surface area contributed by atoms with E-state index in [1.54, 1.807) is 23.1 Å². The van der Waals surface area contributed by atoms with Crippen molar-refractivity contribution in [1.29, 1.82) is 0 Å². The molecule has 0 aliphatic carbocycles. The summed E-state index contributed by atoms with van der Waals surface area (Å²) in [6.45, 7) is 3.79. The van der Waals surface area contributed by atoms with Crippen LogP contribution in [0.4, 0.5) is 21.0 Å². The number of cyclic esters (lactones) is 1. The van der Waals surface area contributed by atoms with Gasteiger partial charge in [0.25, 0.3) is 0 Å². The van der Waals surface area contributed by atoms with E-state index in [9.17, 15) is 9.59 Å². The number of hydrogen-bond donors (Lipinski definition) is 2. The zero-order chi connectivity index (χ0) is 20.2. The molecule has 3 heterocycles. The van der Waals surface area contributed by atoms with Crippen LogP contribution in [0, 0.1) is 0 Å². The van der Waals surface area contributed by atoms with Gasteiger partial charge in [0.1, 0.15) is 12.4 Å². The van der Waals surface area contributed by atoms with Gasteiger partial charge >= 0.3 is 12.1 Å². The van der Waals surface area contributed by atoms with Gasteiger partial charge in [-0.25, -0.2) is 9.59 Å². The summed E-state index contributed by atoms with van der Waals surface area (Å²) in [7, 11) is 0. The molecule has 1 aromatic heterocycles. The molecule has 0 radical (unpaired) electrons. The van der Waals surface area contributed by atoms with Crippen LogP contribution in [0.15, 0.2) is 24.3 Å². The molecule has 1 aromatic carbocycles. The quantitative estimate of drug-likeness (QED) is 0.805. The summed E-state index contributed by atoms with van der Waals surface area (Å²) in [6.07, 6.45) is 4.70. The summed E-state index contributed by atoms with van der Waals surface area (Å²) >= 11 is 0. The molecule has 2 aliphatic rings. The summed E-state index contributed by atoms with van der Waals surface area (Å²) in [5.74, 6) is 1.82. The third-order valence-electron chi connectivity index (χ3n) is 5.34. The lowest BCUT2D eigenvalue weighted by atomic mass is 10.2. The van der Waals surface area contributed by atoms with Crippen LogP contribution in [0.2, 0.25) is 0 Å². The number of nitrogens with zero attached hydrogens (tertiary/aromatic N) is 4. The highest BCUT2D eigenvalue weighted by molar-refractivity contribution is 5.93. The number of urea groups is 1. The Morgan fingerprint density at radius 1 is 1.24 bits per heavy atom. The number of nitrogens with one attached hydrogen (secondary N) is 2. The van der Waals surface area contributed by atoms with E-state index < -0.39 is 0 Å². The minimum absolute atomic E-state index is 0.217. The second kappa shape index (κ2) is 8.50. The SMILES string of the molecule is CC[C@H](NC(=O)Nc1cccc(N2CCOC2=O)c1)c1nnc2n1CCCCC2. The molecular formula is C20H26N6O3. The summed E-state index contributed by atoms with van der Waals surface area (Å²) in [5.41, 5.74) is 1.30. The first kappa shape index (κ1) is 19.2. The van der Waals surface area contributed by atoms with Crippen molar-refractivity contribution in [2.24, 2.45) is 0 Å². The van der Waals surface area contributed by atoms with Gasteiger partial charge in [-0.05, 0) is 37.5 Å². The number of fused-ring (bicyclic) bond motifs is 1. The average Bonchev–Trinajstić information content (AvgIpc) is 3.25. The molecule has 154 valence electrons. The lowest BCUT2D eigenvalue weighted by Crippen LogP contribution is -2.34. The van der Waals surface area contributed by atoms with Gasteiger partial charge in [0.2, 0.25) is 0 Å². The first-order chi connectivity index (χ1) is 14.2. The highest BCUT2D eigenvalue weighted by Crippen LogP contribution is 2.23. The minimum atomic E-state index is -0.370. The minimum Gasteiger partial charge on any atom is -0.447 e. The van der Waals surface area contributed by atoms with Gasteiger partial charge in [0.05, 0.1) is 12.6 Å². The topological polar surface area (TPSA) is 101 Å². The molecule has 0 unspecified atom stereocenters. The van der Waals surface area contributed by atoms with Gasteiger partial charge in [0.15, 0.2) is 5.82 Å². The third kappa shape index (κ3) is 4.18. The molecule has 2 aliphatic heterocycles. The number of hydrogen-bond acceptors (Lipinski definition) is 5. The number of amides is 3. The molecule has 9 heteroatoms. The maximum Gasteiger partial charge on any atom is 0.414 e. The first-order valence-electron chi connectivity index (χ1n) is 10.2. The van der Waals surface area contributed by atoms with Gasteiger partial charge in [-0.1, -0.05) is 19.4 Å². The van der Waals surface area contributed by atoms with Crippen LogP contribution in [-0.2, 0) is 17.7 Å². The highest BCUT2D eigenvalue weighted by Gasteiger charge is 2.25. The zero-order valence-corrected chi connectivity index (χ0v) is 16.6. The van der Waals surface area contributed by atoms with E-state index in [4.69, 9.17) is 4.74 Å². The predicted molar refractivity (Wildman–Crippen MR) is 108 cm³/mol. The van der Waals surface area contributed by atoms with Crippen LogP contribution in [0.1, 0.15) is 50.3 Å². The van der Waals surface area contributed by atoms with Crippen LogP contribution in [0.5, 0.6) is 0 Å². The van der Waals surface area contributed by atoms with E-state index in [1.807, 2.05) is 13.0 Å². The van der Waals surface area contributed by atoms with E-state index in [-0.39, 0.29) is 18.2 Å². The van der Waals surface area contributed by atoms with E-state index in [2.05, 4.69) is 25.4 Å². The van der Waals surface area contributed by atoms with E-state index in [0.717, 1.165) is 37.5 Å². The Morgan fingerprint density at radius 2 is 2.14 bits per heavy atom. The Balaban J connectivity index is 1.44. The number of aryl methyl sites for hydroxylation is 1. The molecule has 1 fully saturated rings. The van der Waals surface area contributed by atoms with Gasteiger partial charge in [0, 0.05) is 24.3 Å². The molecule has 2 aromatic rings. The van der Waals surface area contributed by atoms with E-state index >= 15 is 0 Å². The van der Waals surface area contributed by atoms with Crippen molar-refractivity contribution in [3.63, 3.8) is 0 Å². The van der Waals surface area contributed by atoms with Crippen molar-refractivity contribution < 1.29 is 14.3 Å². The van der Waals surface area contributed by atoms with Crippen LogP contribution >= 0.6 is 0 Å². The standard InChI is InChI=1S/C20H26N6O3/c1-2-16(18-24-23-17-9-4-3-5-10-26(17)18)22-19(27)21-14-7-6-8-15(13-14)25-11-12-29-20(25)28/h6-8,13,16H,2-5,9-12H2,1H3,(H2,21,22,27)/t16-/m0/s1. The van der Waals surface area contributed by atoms with Crippen LogP contribution in [-0.4, -0.2) is 40.0 Å². The number of ether oxygens (including phenoxy) is 1. The Bertz CT molecular complexity index is 896. The molecule has 29 heavy (non-hydrogen) atoms. The summed E-state index contributed by atoms with van der Waals surface area (Å²) in [4.78, 5) is 25.9. The molecular weight excluding hydrogens is 372 g/mol. The molecule has 9 nitrogen and oxygen atoms in total. The second-order valence-corrected chi connectivity index (χ2v) is 7.31. The van der Waals surface area contributed by atoms with Crippen molar-refractivity contribution in [3.05, 3.63) is 35.9 Å². The molecule has 0 bridgehead atoms. The number of aromatic nitrogens is 3. The van der Waals surface area contributed by atoms with Crippen LogP contribution in [0.3, 0.4) is 0 Å². The van der Waals surface area contributed by atoms with Crippen LogP contribution < -0.4 is 15.5 Å². The first-order valence-corrected chi connectivity index (χ1v) is 10.2.